The maximum absolute atomic E-state index is 13.3. The van der Waals surface area contributed by atoms with Gasteiger partial charge in [0.25, 0.3) is 23.6 Å². The van der Waals surface area contributed by atoms with Gasteiger partial charge in [-0.05, 0) is 75.2 Å². The molecule has 10 heteroatoms. The molecule has 0 saturated carbocycles. The number of unbranched alkanes of at least 4 members (excludes halogenated alkanes) is 1. The molecule has 4 aromatic rings. The van der Waals surface area contributed by atoms with Crippen LogP contribution in [-0.4, -0.2) is 49.9 Å². The maximum atomic E-state index is 13.3. The molecule has 0 aliphatic heterocycles. The number of nitrogens with one attached hydrogen (secondary N) is 4. The summed E-state index contributed by atoms with van der Waals surface area (Å²) >= 11 is 0. The van der Waals surface area contributed by atoms with E-state index in [4.69, 9.17) is 9.47 Å². The van der Waals surface area contributed by atoms with Crippen LogP contribution < -0.4 is 30.7 Å². The Morgan fingerprint density at radius 3 is 1.26 bits per heavy atom. The predicted octanol–water partition coefficient (Wildman–Crippen LogP) is 5.74. The average Bonchev–Trinajstić information content (AvgIpc) is 3.14. The van der Waals surface area contributed by atoms with E-state index in [2.05, 4.69) is 21.3 Å². The van der Waals surface area contributed by atoms with Crippen molar-refractivity contribution in [3.8, 4) is 11.5 Å². The first kappa shape index (κ1) is 36.7. The Morgan fingerprint density at radius 2 is 0.880 bits per heavy atom. The summed E-state index contributed by atoms with van der Waals surface area (Å²) in [7, 11) is 0. The molecular formula is C40H42N4O6. The third-order valence-corrected chi connectivity index (χ3v) is 7.27. The SMILES string of the molecule is CCOc1ccccc1/C=C(/NC(=O)c1ccccc1)C(=O)NCCCCNC(=O)/C(=C\c1ccccc1OCC)NC(=O)c1ccccc1. The number of hydrogen-bond donors (Lipinski definition) is 4. The van der Waals surface area contributed by atoms with Gasteiger partial charge in [0.1, 0.15) is 22.9 Å². The van der Waals surface area contributed by atoms with E-state index in [1.165, 1.54) is 0 Å². The summed E-state index contributed by atoms with van der Waals surface area (Å²) in [6.07, 6.45) is 4.24. The number of ether oxygens (including phenoxy) is 2. The molecule has 0 fully saturated rings. The van der Waals surface area contributed by atoms with Crippen molar-refractivity contribution in [3.05, 3.63) is 143 Å². The van der Waals surface area contributed by atoms with Crippen molar-refractivity contribution in [2.24, 2.45) is 0 Å². The van der Waals surface area contributed by atoms with E-state index in [9.17, 15) is 19.2 Å². The van der Waals surface area contributed by atoms with Gasteiger partial charge in [-0.3, -0.25) is 19.2 Å². The molecule has 50 heavy (non-hydrogen) atoms. The summed E-state index contributed by atoms with van der Waals surface area (Å²) in [5, 5.41) is 11.2. The third kappa shape index (κ3) is 11.2. The van der Waals surface area contributed by atoms with Crippen LogP contribution in [-0.2, 0) is 9.59 Å². The summed E-state index contributed by atoms with van der Waals surface area (Å²) in [5.41, 5.74) is 2.24. The molecule has 0 atom stereocenters. The van der Waals surface area contributed by atoms with E-state index < -0.39 is 23.6 Å². The molecule has 4 N–H and O–H groups in total. The molecule has 0 bridgehead atoms. The highest BCUT2D eigenvalue weighted by molar-refractivity contribution is 6.06. The minimum Gasteiger partial charge on any atom is -0.493 e. The van der Waals surface area contributed by atoms with Crippen LogP contribution in [0.4, 0.5) is 0 Å². The van der Waals surface area contributed by atoms with Gasteiger partial charge >= 0.3 is 0 Å². The zero-order chi connectivity index (χ0) is 35.6. The fraction of sp³-hybridized carbons (Fsp3) is 0.200. The second-order valence-corrected chi connectivity index (χ2v) is 10.9. The largest absolute Gasteiger partial charge is 0.493 e. The second-order valence-electron chi connectivity index (χ2n) is 10.9. The van der Waals surface area contributed by atoms with E-state index >= 15 is 0 Å². The van der Waals surface area contributed by atoms with E-state index in [1.54, 1.807) is 97.1 Å². The molecular weight excluding hydrogens is 632 g/mol. The van der Waals surface area contributed by atoms with E-state index in [0.29, 0.717) is 59.8 Å². The summed E-state index contributed by atoms with van der Waals surface area (Å²) in [4.78, 5) is 52.6. The zero-order valence-corrected chi connectivity index (χ0v) is 28.2. The summed E-state index contributed by atoms with van der Waals surface area (Å²) in [5.74, 6) is -0.608. The number of benzene rings is 4. The lowest BCUT2D eigenvalue weighted by atomic mass is 10.1. The first-order valence-corrected chi connectivity index (χ1v) is 16.6. The second kappa shape index (κ2) is 19.6. The smallest absolute Gasteiger partial charge is 0.267 e. The summed E-state index contributed by atoms with van der Waals surface area (Å²) < 4.78 is 11.4. The van der Waals surface area contributed by atoms with Gasteiger partial charge in [0, 0.05) is 35.3 Å². The molecule has 0 aliphatic carbocycles. The van der Waals surface area contributed by atoms with Crippen molar-refractivity contribution >= 4 is 35.8 Å². The summed E-state index contributed by atoms with van der Waals surface area (Å²) in [6.45, 7) is 5.19. The molecule has 4 rings (SSSR count). The van der Waals surface area contributed by atoms with Crippen molar-refractivity contribution in [3.63, 3.8) is 0 Å². The fourth-order valence-corrected chi connectivity index (χ4v) is 4.81. The van der Waals surface area contributed by atoms with Crippen molar-refractivity contribution < 1.29 is 28.7 Å². The normalized spacial score (nSPS) is 11.2. The molecule has 0 radical (unpaired) electrons. The van der Waals surface area contributed by atoms with Gasteiger partial charge in [0.2, 0.25) is 0 Å². The first-order valence-electron chi connectivity index (χ1n) is 16.6. The fourth-order valence-electron chi connectivity index (χ4n) is 4.81. The van der Waals surface area contributed by atoms with Gasteiger partial charge < -0.3 is 30.7 Å². The van der Waals surface area contributed by atoms with Crippen molar-refractivity contribution in [2.75, 3.05) is 26.3 Å². The first-order chi connectivity index (χ1) is 24.4. The molecule has 4 aromatic carbocycles. The molecule has 0 aromatic heterocycles. The Morgan fingerprint density at radius 1 is 0.520 bits per heavy atom. The highest BCUT2D eigenvalue weighted by Gasteiger charge is 2.17. The lowest BCUT2D eigenvalue weighted by Gasteiger charge is -2.14. The van der Waals surface area contributed by atoms with Gasteiger partial charge in [-0.1, -0.05) is 72.8 Å². The Labute approximate surface area is 292 Å². The Balaban J connectivity index is 1.38. The van der Waals surface area contributed by atoms with Crippen LogP contribution in [0.1, 0.15) is 58.5 Å². The Bertz CT molecular complexity index is 1670. The predicted molar refractivity (Wildman–Crippen MR) is 194 cm³/mol. The molecule has 258 valence electrons. The molecule has 0 spiro atoms. The van der Waals surface area contributed by atoms with Gasteiger partial charge in [0.05, 0.1) is 13.2 Å². The molecule has 0 unspecified atom stereocenters. The minimum absolute atomic E-state index is 0.0654. The number of hydrogen-bond acceptors (Lipinski definition) is 6. The van der Waals surface area contributed by atoms with Crippen molar-refractivity contribution in [1.29, 1.82) is 0 Å². The number of carbonyl (C=O) groups excluding carboxylic acids is 4. The Kier molecular flexibility index (Phi) is 14.4. The highest BCUT2D eigenvalue weighted by Crippen LogP contribution is 2.22. The van der Waals surface area contributed by atoms with E-state index in [1.807, 2.05) is 38.1 Å². The zero-order valence-electron chi connectivity index (χ0n) is 28.2. The number of para-hydroxylation sites is 2. The van der Waals surface area contributed by atoms with Crippen LogP contribution in [0.3, 0.4) is 0 Å². The highest BCUT2D eigenvalue weighted by atomic mass is 16.5. The number of carbonyl (C=O) groups is 4. The molecule has 0 saturated heterocycles. The molecule has 10 nitrogen and oxygen atoms in total. The topological polar surface area (TPSA) is 135 Å². The Hall–Kier alpha value is -6.16. The standard InChI is InChI=1S/C40H42N4O6/c1-3-49-35-23-13-11-21-31(35)27-33(43-37(45)29-17-7-5-8-18-29)39(47)41-25-15-16-26-42-40(48)34(44-38(46)30-19-9-6-10-20-30)28-32-22-12-14-24-36(32)50-4-2/h5-14,17-24,27-28H,3-4,15-16,25-26H2,1-2H3,(H,41,47)(H,42,48)(H,43,45)(H,44,46)/b33-27+,34-28+. The summed E-state index contributed by atoms with van der Waals surface area (Å²) in [6, 6.07) is 31.8. The van der Waals surface area contributed by atoms with Gasteiger partial charge in [-0.2, -0.15) is 0 Å². The van der Waals surface area contributed by atoms with Crippen LogP contribution in [0.25, 0.3) is 12.2 Å². The monoisotopic (exact) mass is 674 g/mol. The lowest BCUT2D eigenvalue weighted by Crippen LogP contribution is -2.36. The van der Waals surface area contributed by atoms with Crippen LogP contribution in [0.15, 0.2) is 121 Å². The molecule has 0 aliphatic rings. The van der Waals surface area contributed by atoms with E-state index in [0.717, 1.165) is 0 Å². The third-order valence-electron chi connectivity index (χ3n) is 7.27. The minimum atomic E-state index is -0.466. The lowest BCUT2D eigenvalue weighted by molar-refractivity contribution is -0.118. The van der Waals surface area contributed by atoms with E-state index in [-0.39, 0.29) is 24.5 Å². The van der Waals surface area contributed by atoms with Gasteiger partial charge in [-0.15, -0.1) is 0 Å². The van der Waals surface area contributed by atoms with Crippen molar-refractivity contribution in [2.45, 2.75) is 26.7 Å². The van der Waals surface area contributed by atoms with Gasteiger partial charge in [-0.25, -0.2) is 0 Å². The number of amides is 4. The van der Waals surface area contributed by atoms with Crippen LogP contribution >= 0.6 is 0 Å². The maximum Gasteiger partial charge on any atom is 0.267 e. The average molecular weight is 675 g/mol. The van der Waals surface area contributed by atoms with Crippen molar-refractivity contribution in [1.82, 2.24) is 21.3 Å². The van der Waals surface area contributed by atoms with Crippen LogP contribution in [0.2, 0.25) is 0 Å². The molecule has 4 amide bonds. The van der Waals surface area contributed by atoms with Crippen LogP contribution in [0.5, 0.6) is 11.5 Å². The van der Waals surface area contributed by atoms with Gasteiger partial charge in [0.15, 0.2) is 0 Å². The van der Waals surface area contributed by atoms with Crippen LogP contribution in [0, 0.1) is 0 Å². The number of rotatable bonds is 17. The quantitative estimate of drug-likeness (QED) is 0.0834. The molecule has 0 heterocycles.